The zero-order chi connectivity index (χ0) is 18.4. The van der Waals surface area contributed by atoms with Crippen LogP contribution in [0, 0.1) is 6.92 Å². The second-order valence-electron chi connectivity index (χ2n) is 7.16. The molecule has 1 aliphatic rings. The standard InChI is InChI=1S/C19H25N3O3/c1-13-6-7-15-14(10-13)11-16(21(15)5)17(23)22-8-9-25-19(2,12-22)18(24)20(3)4/h6-7,10-11H,8-9,12H2,1-5H3/t19-/m0/s1. The number of morpholine rings is 1. The highest BCUT2D eigenvalue weighted by Gasteiger charge is 2.42. The third-order valence-electron chi connectivity index (χ3n) is 4.84. The summed E-state index contributed by atoms with van der Waals surface area (Å²) in [6.45, 7) is 4.87. The Morgan fingerprint density at radius 3 is 2.64 bits per heavy atom. The average molecular weight is 343 g/mol. The molecule has 2 aromatic rings. The first kappa shape index (κ1) is 17.5. The Morgan fingerprint density at radius 2 is 1.96 bits per heavy atom. The van der Waals surface area contributed by atoms with Crippen LogP contribution in [0.2, 0.25) is 0 Å². The number of hydrogen-bond donors (Lipinski definition) is 0. The summed E-state index contributed by atoms with van der Waals surface area (Å²) in [5, 5.41) is 1.05. The fourth-order valence-electron chi connectivity index (χ4n) is 3.48. The van der Waals surface area contributed by atoms with Crippen LogP contribution in [0.25, 0.3) is 10.9 Å². The van der Waals surface area contributed by atoms with Gasteiger partial charge in [0.2, 0.25) is 0 Å². The molecule has 0 N–H and O–H groups in total. The van der Waals surface area contributed by atoms with E-state index in [0.29, 0.717) is 18.8 Å². The number of amides is 2. The Bertz CT molecular complexity index is 840. The van der Waals surface area contributed by atoms with Gasteiger partial charge in [0.1, 0.15) is 5.69 Å². The lowest BCUT2D eigenvalue weighted by atomic mass is 10.0. The number of likely N-dealkylation sites (N-methyl/N-ethyl adjacent to an activating group) is 1. The number of ether oxygens (including phenoxy) is 1. The van der Waals surface area contributed by atoms with E-state index in [1.807, 2.05) is 36.7 Å². The van der Waals surface area contributed by atoms with Crippen molar-refractivity contribution in [1.29, 1.82) is 0 Å². The molecule has 0 saturated carbocycles. The van der Waals surface area contributed by atoms with Crippen molar-refractivity contribution in [2.24, 2.45) is 7.05 Å². The number of fused-ring (bicyclic) bond motifs is 1. The van der Waals surface area contributed by atoms with Gasteiger partial charge in [-0.25, -0.2) is 0 Å². The minimum Gasteiger partial charge on any atom is -0.362 e. The molecule has 1 aromatic carbocycles. The molecular formula is C19H25N3O3. The summed E-state index contributed by atoms with van der Waals surface area (Å²) in [5.41, 5.74) is 1.81. The summed E-state index contributed by atoms with van der Waals surface area (Å²) in [5.74, 6) is -0.199. The van der Waals surface area contributed by atoms with E-state index in [2.05, 4.69) is 6.07 Å². The number of aryl methyl sites for hydroxylation is 2. The molecule has 1 aliphatic heterocycles. The van der Waals surface area contributed by atoms with Gasteiger partial charge >= 0.3 is 0 Å². The molecule has 0 unspecified atom stereocenters. The molecular weight excluding hydrogens is 318 g/mol. The minimum absolute atomic E-state index is 0.0718. The van der Waals surface area contributed by atoms with Crippen molar-refractivity contribution in [2.45, 2.75) is 19.4 Å². The monoisotopic (exact) mass is 343 g/mol. The molecule has 0 aliphatic carbocycles. The summed E-state index contributed by atoms with van der Waals surface area (Å²) >= 11 is 0. The summed E-state index contributed by atoms with van der Waals surface area (Å²) < 4.78 is 7.63. The lowest BCUT2D eigenvalue weighted by Crippen LogP contribution is -2.59. The first-order chi connectivity index (χ1) is 11.7. The topological polar surface area (TPSA) is 54.8 Å². The molecule has 1 atom stereocenters. The van der Waals surface area contributed by atoms with Gasteiger partial charge < -0.3 is 19.1 Å². The van der Waals surface area contributed by atoms with Gasteiger partial charge in [-0.3, -0.25) is 9.59 Å². The van der Waals surface area contributed by atoms with Crippen LogP contribution in [-0.4, -0.2) is 65.6 Å². The number of carbonyl (C=O) groups excluding carboxylic acids is 2. The number of hydrogen-bond acceptors (Lipinski definition) is 3. The number of benzene rings is 1. The van der Waals surface area contributed by atoms with E-state index in [0.717, 1.165) is 16.5 Å². The summed E-state index contributed by atoms with van der Waals surface area (Å²) in [4.78, 5) is 28.7. The number of nitrogens with zero attached hydrogens (tertiary/aromatic N) is 3. The van der Waals surface area contributed by atoms with E-state index < -0.39 is 5.60 Å². The molecule has 1 fully saturated rings. The maximum Gasteiger partial charge on any atom is 0.270 e. The van der Waals surface area contributed by atoms with Crippen molar-refractivity contribution >= 4 is 22.7 Å². The Hall–Kier alpha value is -2.34. The summed E-state index contributed by atoms with van der Waals surface area (Å²) in [6, 6.07) is 8.06. The van der Waals surface area contributed by atoms with E-state index in [9.17, 15) is 9.59 Å². The first-order valence-electron chi connectivity index (χ1n) is 8.44. The molecule has 2 amide bonds. The van der Waals surface area contributed by atoms with Crippen molar-refractivity contribution in [3.05, 3.63) is 35.5 Å². The summed E-state index contributed by atoms with van der Waals surface area (Å²) in [6.07, 6.45) is 0. The van der Waals surface area contributed by atoms with Crippen LogP contribution < -0.4 is 0 Å². The SMILES string of the molecule is Cc1ccc2c(c1)cc(C(=O)N1CCO[C@](C)(C(=O)N(C)C)C1)n2C. The van der Waals surface area contributed by atoms with Gasteiger partial charge in [-0.05, 0) is 32.0 Å². The van der Waals surface area contributed by atoms with Gasteiger partial charge in [-0.1, -0.05) is 11.6 Å². The summed E-state index contributed by atoms with van der Waals surface area (Å²) in [7, 11) is 5.30. The molecule has 2 heterocycles. The second kappa shape index (κ2) is 6.19. The second-order valence-corrected chi connectivity index (χ2v) is 7.16. The van der Waals surface area contributed by atoms with E-state index in [1.54, 1.807) is 25.9 Å². The van der Waals surface area contributed by atoms with E-state index in [1.165, 1.54) is 4.90 Å². The molecule has 0 spiro atoms. The lowest BCUT2D eigenvalue weighted by Gasteiger charge is -2.40. The fraction of sp³-hybridized carbons (Fsp3) is 0.474. The molecule has 25 heavy (non-hydrogen) atoms. The quantitative estimate of drug-likeness (QED) is 0.836. The molecule has 1 saturated heterocycles. The van der Waals surface area contributed by atoms with Crippen molar-refractivity contribution < 1.29 is 14.3 Å². The molecule has 1 aromatic heterocycles. The van der Waals surface area contributed by atoms with Gasteiger partial charge in [0.25, 0.3) is 11.8 Å². The lowest BCUT2D eigenvalue weighted by molar-refractivity contribution is -0.162. The third kappa shape index (κ3) is 3.02. The molecule has 6 nitrogen and oxygen atoms in total. The van der Waals surface area contributed by atoms with Gasteiger partial charge in [0.05, 0.1) is 13.2 Å². The molecule has 134 valence electrons. The van der Waals surface area contributed by atoms with Crippen molar-refractivity contribution in [3.8, 4) is 0 Å². The highest BCUT2D eigenvalue weighted by molar-refractivity contribution is 5.99. The van der Waals surface area contributed by atoms with Crippen molar-refractivity contribution in [3.63, 3.8) is 0 Å². The third-order valence-corrected chi connectivity index (χ3v) is 4.84. The van der Waals surface area contributed by atoms with Gasteiger partial charge in [0, 0.05) is 38.6 Å². The minimum atomic E-state index is -1.00. The Labute approximate surface area is 147 Å². The largest absolute Gasteiger partial charge is 0.362 e. The number of rotatable bonds is 2. The van der Waals surface area contributed by atoms with Crippen molar-refractivity contribution in [1.82, 2.24) is 14.4 Å². The number of carbonyl (C=O) groups is 2. The van der Waals surface area contributed by atoms with Crippen LogP contribution in [0.4, 0.5) is 0 Å². The van der Waals surface area contributed by atoms with E-state index >= 15 is 0 Å². The van der Waals surface area contributed by atoms with E-state index in [4.69, 9.17) is 4.74 Å². The fourth-order valence-corrected chi connectivity index (χ4v) is 3.48. The smallest absolute Gasteiger partial charge is 0.270 e. The molecule has 0 bridgehead atoms. The predicted molar refractivity (Wildman–Crippen MR) is 96.6 cm³/mol. The van der Waals surface area contributed by atoms with Crippen LogP contribution in [0.15, 0.2) is 24.3 Å². The predicted octanol–water partition coefficient (Wildman–Crippen LogP) is 1.81. The molecule has 0 radical (unpaired) electrons. The highest BCUT2D eigenvalue weighted by atomic mass is 16.5. The van der Waals surface area contributed by atoms with Gasteiger partial charge in [0.15, 0.2) is 5.60 Å². The van der Waals surface area contributed by atoms with Crippen LogP contribution in [0.1, 0.15) is 23.0 Å². The zero-order valence-corrected chi connectivity index (χ0v) is 15.5. The maximum atomic E-state index is 13.1. The normalized spacial score (nSPS) is 20.8. The average Bonchev–Trinajstić information content (AvgIpc) is 2.89. The highest BCUT2D eigenvalue weighted by Crippen LogP contribution is 2.24. The molecule has 6 heteroatoms. The van der Waals surface area contributed by atoms with Crippen LogP contribution in [0.3, 0.4) is 0 Å². The van der Waals surface area contributed by atoms with Gasteiger partial charge in [-0.2, -0.15) is 0 Å². The Morgan fingerprint density at radius 1 is 1.24 bits per heavy atom. The number of aromatic nitrogens is 1. The molecule has 3 rings (SSSR count). The first-order valence-corrected chi connectivity index (χ1v) is 8.44. The van der Waals surface area contributed by atoms with Crippen LogP contribution in [0.5, 0.6) is 0 Å². The van der Waals surface area contributed by atoms with E-state index in [-0.39, 0.29) is 18.4 Å². The maximum absolute atomic E-state index is 13.1. The Kier molecular flexibility index (Phi) is 4.33. The zero-order valence-electron chi connectivity index (χ0n) is 15.5. The van der Waals surface area contributed by atoms with Crippen molar-refractivity contribution in [2.75, 3.05) is 33.8 Å². The van der Waals surface area contributed by atoms with Crippen LogP contribution in [-0.2, 0) is 16.6 Å². The van der Waals surface area contributed by atoms with Crippen LogP contribution >= 0.6 is 0 Å². The van der Waals surface area contributed by atoms with Gasteiger partial charge in [-0.15, -0.1) is 0 Å². The Balaban J connectivity index is 1.90.